The zero-order chi connectivity index (χ0) is 27.2. The normalized spacial score (nSPS) is 16.3. The van der Waals surface area contributed by atoms with Crippen LogP contribution in [0, 0.1) is 11.7 Å². The Hall–Kier alpha value is -3.98. The van der Waals surface area contributed by atoms with Crippen molar-refractivity contribution in [1.29, 1.82) is 0 Å². The minimum absolute atomic E-state index is 0.0200. The number of hydrogen-bond donors (Lipinski definition) is 3. The number of rotatable bonds is 8. The van der Waals surface area contributed by atoms with Crippen LogP contribution in [0.1, 0.15) is 66.3 Å². The maximum Gasteiger partial charge on any atom is 0.303 e. The summed E-state index contributed by atoms with van der Waals surface area (Å²) >= 11 is 0. The molecule has 1 aliphatic heterocycles. The number of furan rings is 1. The van der Waals surface area contributed by atoms with Gasteiger partial charge in [0, 0.05) is 24.9 Å². The number of carbonyl (C=O) groups is 2. The van der Waals surface area contributed by atoms with E-state index in [1.54, 1.807) is 25.2 Å². The number of nitrogens with zero attached hydrogens (tertiary/aromatic N) is 1. The summed E-state index contributed by atoms with van der Waals surface area (Å²) in [5, 5.41) is 11.2. The Balaban J connectivity index is 0.000000178. The minimum Gasteiger partial charge on any atom is -0.481 e. The van der Waals surface area contributed by atoms with Gasteiger partial charge in [-0.1, -0.05) is 44.2 Å². The second kappa shape index (κ2) is 12.0. The number of hydrogen-bond acceptors (Lipinski definition) is 6. The largest absolute Gasteiger partial charge is 0.481 e. The molecule has 3 N–H and O–H groups in total. The fourth-order valence-corrected chi connectivity index (χ4v) is 3.93. The van der Waals surface area contributed by atoms with Gasteiger partial charge in [-0.05, 0) is 60.6 Å². The molecule has 1 fully saturated rings. The number of hydroxylamine groups is 1. The summed E-state index contributed by atoms with van der Waals surface area (Å²) in [7, 11) is 1.59. The van der Waals surface area contributed by atoms with Crippen LogP contribution in [-0.2, 0) is 16.1 Å². The number of aliphatic carboxylic acids is 1. The molecule has 1 atom stereocenters. The van der Waals surface area contributed by atoms with E-state index < -0.39 is 11.8 Å². The Morgan fingerprint density at radius 2 is 1.87 bits per heavy atom. The Labute approximate surface area is 220 Å². The summed E-state index contributed by atoms with van der Waals surface area (Å²) < 4.78 is 19.4. The molecular weight excluding hydrogens is 489 g/mol. The maximum atomic E-state index is 13.9. The molecule has 8 nitrogen and oxygen atoms in total. The standard InChI is InChI=1S/C15H17NO2.C14H15FN2O3/c1-10(2)11-4-6-12(7-5-11)13-8-9-14(18-13)15(17)16-3;15-11-5-1-8(2-6-12(18)19)7-10(11)13-16-14(20-17-13)9-3-4-9/h4-10H,1-3H3,(H,16,17);1,5,7,9,14H,2-4,6H2,(H,16,17)(H,18,19). The third-order valence-corrected chi connectivity index (χ3v) is 6.39. The zero-order valence-corrected chi connectivity index (χ0v) is 21.7. The fraction of sp³-hybridized carbons (Fsp3) is 0.345. The number of carbonyl (C=O) groups excluding carboxylic acids is 1. The van der Waals surface area contributed by atoms with Crippen molar-refractivity contribution in [1.82, 2.24) is 10.8 Å². The molecule has 0 saturated heterocycles. The van der Waals surface area contributed by atoms with Crippen molar-refractivity contribution >= 4 is 17.7 Å². The van der Waals surface area contributed by atoms with Gasteiger partial charge in [0.15, 0.2) is 17.8 Å². The molecule has 5 rings (SSSR count). The summed E-state index contributed by atoms with van der Waals surface area (Å²) in [6.45, 7) is 4.32. The van der Waals surface area contributed by atoms with Crippen molar-refractivity contribution in [2.75, 3.05) is 7.05 Å². The summed E-state index contributed by atoms with van der Waals surface area (Å²) in [4.78, 5) is 31.6. The van der Waals surface area contributed by atoms with Crippen LogP contribution in [0.15, 0.2) is 64.0 Å². The first kappa shape index (κ1) is 27.1. The number of halogens is 1. The van der Waals surface area contributed by atoms with Crippen molar-refractivity contribution < 1.29 is 28.3 Å². The zero-order valence-electron chi connectivity index (χ0n) is 21.7. The van der Waals surface area contributed by atoms with Gasteiger partial charge >= 0.3 is 5.97 Å². The number of amidine groups is 1. The Bertz CT molecular complexity index is 1310. The molecule has 2 aromatic carbocycles. The van der Waals surface area contributed by atoms with E-state index in [-0.39, 0.29) is 18.6 Å². The third kappa shape index (κ3) is 6.86. The second-order valence-electron chi connectivity index (χ2n) is 9.65. The van der Waals surface area contributed by atoms with E-state index in [0.717, 1.165) is 24.0 Å². The van der Waals surface area contributed by atoms with Gasteiger partial charge in [0.2, 0.25) is 0 Å². The highest BCUT2D eigenvalue weighted by Crippen LogP contribution is 2.36. The van der Waals surface area contributed by atoms with E-state index >= 15 is 0 Å². The predicted octanol–water partition coefficient (Wildman–Crippen LogP) is 5.29. The summed E-state index contributed by atoms with van der Waals surface area (Å²) in [6, 6.07) is 16.3. The maximum absolute atomic E-state index is 13.9. The van der Waals surface area contributed by atoms with E-state index in [0.29, 0.717) is 41.2 Å². The quantitative estimate of drug-likeness (QED) is 0.371. The molecule has 2 aliphatic rings. The van der Waals surface area contributed by atoms with Crippen molar-refractivity contribution in [3.63, 3.8) is 0 Å². The van der Waals surface area contributed by atoms with Crippen molar-refractivity contribution in [3.8, 4) is 11.3 Å². The van der Waals surface area contributed by atoms with Gasteiger partial charge in [-0.25, -0.2) is 19.7 Å². The molecule has 200 valence electrons. The number of carboxylic acid groups (broad SMARTS) is 1. The Kier molecular flexibility index (Phi) is 8.58. The lowest BCUT2D eigenvalue weighted by molar-refractivity contribution is -0.136. The topological polar surface area (TPSA) is 113 Å². The molecule has 3 aromatic rings. The molecule has 2 heterocycles. The van der Waals surface area contributed by atoms with Crippen LogP contribution in [0.2, 0.25) is 0 Å². The molecule has 9 heteroatoms. The lowest BCUT2D eigenvalue weighted by atomic mass is 10.0. The molecule has 1 aliphatic carbocycles. The highest BCUT2D eigenvalue weighted by molar-refractivity contribution is 5.99. The van der Waals surface area contributed by atoms with E-state index in [9.17, 15) is 14.0 Å². The van der Waals surface area contributed by atoms with Crippen LogP contribution in [-0.4, -0.2) is 36.1 Å². The molecule has 0 spiro atoms. The van der Waals surface area contributed by atoms with E-state index in [2.05, 4.69) is 41.8 Å². The molecular formula is C29H32FN3O5. The highest BCUT2D eigenvalue weighted by Gasteiger charge is 2.36. The Morgan fingerprint density at radius 1 is 1.13 bits per heavy atom. The monoisotopic (exact) mass is 521 g/mol. The predicted molar refractivity (Wildman–Crippen MR) is 141 cm³/mol. The van der Waals surface area contributed by atoms with Gasteiger partial charge in [0.25, 0.3) is 5.91 Å². The van der Waals surface area contributed by atoms with Crippen molar-refractivity contribution in [3.05, 3.63) is 82.9 Å². The third-order valence-electron chi connectivity index (χ3n) is 6.39. The smallest absolute Gasteiger partial charge is 0.303 e. The molecule has 1 aromatic heterocycles. The van der Waals surface area contributed by atoms with Gasteiger partial charge < -0.3 is 14.8 Å². The number of carboxylic acids is 1. The first-order valence-corrected chi connectivity index (χ1v) is 12.7. The number of benzene rings is 2. The number of aryl methyl sites for hydroxylation is 1. The van der Waals surface area contributed by atoms with Crippen LogP contribution in [0.25, 0.3) is 11.3 Å². The van der Waals surface area contributed by atoms with Crippen LogP contribution >= 0.6 is 0 Å². The minimum atomic E-state index is -0.871. The molecule has 1 unspecified atom stereocenters. The summed E-state index contributed by atoms with van der Waals surface area (Å²) in [5.41, 5.74) is 6.04. The summed E-state index contributed by atoms with van der Waals surface area (Å²) in [6.07, 6.45) is 2.33. The van der Waals surface area contributed by atoms with Gasteiger partial charge in [-0.3, -0.25) is 9.59 Å². The van der Waals surface area contributed by atoms with Crippen LogP contribution in [0.3, 0.4) is 0 Å². The molecule has 1 amide bonds. The van der Waals surface area contributed by atoms with E-state index in [4.69, 9.17) is 14.4 Å². The average molecular weight is 522 g/mol. The molecule has 1 saturated carbocycles. The average Bonchev–Trinajstić information content (AvgIpc) is 3.44. The molecule has 38 heavy (non-hydrogen) atoms. The molecule has 0 bridgehead atoms. The lowest BCUT2D eigenvalue weighted by Crippen LogP contribution is -2.21. The second-order valence-corrected chi connectivity index (χ2v) is 9.65. The van der Waals surface area contributed by atoms with E-state index in [1.165, 1.54) is 11.6 Å². The van der Waals surface area contributed by atoms with Gasteiger partial charge in [0.1, 0.15) is 11.6 Å². The first-order chi connectivity index (χ1) is 18.2. The fourth-order valence-electron chi connectivity index (χ4n) is 3.93. The number of aliphatic imine (C=N–C) groups is 1. The lowest BCUT2D eigenvalue weighted by Gasteiger charge is -2.06. The van der Waals surface area contributed by atoms with Crippen molar-refractivity contribution in [2.45, 2.75) is 51.7 Å². The van der Waals surface area contributed by atoms with Gasteiger partial charge in [-0.2, -0.15) is 0 Å². The SMILES string of the molecule is CNC(=O)c1ccc(-c2ccc(C(C)C)cc2)o1.O=C(O)CCc1ccc(F)c(C2=NC(C3CC3)ON2)c1. The van der Waals surface area contributed by atoms with Crippen molar-refractivity contribution in [2.24, 2.45) is 10.9 Å². The highest BCUT2D eigenvalue weighted by atomic mass is 19.1. The van der Waals surface area contributed by atoms with Gasteiger partial charge in [-0.15, -0.1) is 0 Å². The number of nitrogens with one attached hydrogen (secondary N) is 2. The van der Waals surface area contributed by atoms with E-state index in [1.807, 2.05) is 18.2 Å². The Morgan fingerprint density at radius 3 is 2.50 bits per heavy atom. The van der Waals surface area contributed by atoms with Crippen LogP contribution in [0.5, 0.6) is 0 Å². The molecule has 0 radical (unpaired) electrons. The van der Waals surface area contributed by atoms with Crippen LogP contribution in [0.4, 0.5) is 4.39 Å². The number of amides is 1. The van der Waals surface area contributed by atoms with Gasteiger partial charge in [0.05, 0.1) is 5.56 Å². The summed E-state index contributed by atoms with van der Waals surface area (Å²) in [5.74, 6) is 0.899. The van der Waals surface area contributed by atoms with Crippen LogP contribution < -0.4 is 10.8 Å². The first-order valence-electron chi connectivity index (χ1n) is 12.7.